The Morgan fingerprint density at radius 1 is 1.41 bits per heavy atom. The van der Waals surface area contributed by atoms with E-state index in [0.29, 0.717) is 11.7 Å². The molecule has 2 aromatic rings. The lowest BCUT2D eigenvalue weighted by atomic mass is 10.2. The lowest BCUT2D eigenvalue weighted by molar-refractivity contribution is 0.0704. The van der Waals surface area contributed by atoms with Gasteiger partial charge < -0.3 is 15.0 Å². The first kappa shape index (κ1) is 15.0. The maximum absolute atomic E-state index is 12.5. The number of nitrogens with one attached hydrogen (secondary N) is 1. The highest BCUT2D eigenvalue weighted by Crippen LogP contribution is 2.26. The molecule has 1 aliphatic heterocycles. The van der Waals surface area contributed by atoms with E-state index in [4.69, 9.17) is 4.74 Å². The Morgan fingerprint density at radius 2 is 2.18 bits per heavy atom. The summed E-state index contributed by atoms with van der Waals surface area (Å²) in [5.41, 5.74) is 1.53. The van der Waals surface area contributed by atoms with E-state index in [1.807, 2.05) is 34.5 Å². The molecule has 0 radical (unpaired) electrons. The number of amides is 1. The highest BCUT2D eigenvalue weighted by atomic mass is 32.1. The second kappa shape index (κ2) is 6.46. The van der Waals surface area contributed by atoms with Gasteiger partial charge in [-0.25, -0.2) is 4.98 Å². The summed E-state index contributed by atoms with van der Waals surface area (Å²) in [6.07, 6.45) is 0. The van der Waals surface area contributed by atoms with E-state index < -0.39 is 0 Å². The van der Waals surface area contributed by atoms with Gasteiger partial charge in [-0.2, -0.15) is 0 Å². The topological polar surface area (TPSA) is 54.5 Å². The van der Waals surface area contributed by atoms with Gasteiger partial charge in [0.1, 0.15) is 16.5 Å². The molecule has 6 heteroatoms. The van der Waals surface area contributed by atoms with Crippen LogP contribution in [-0.4, -0.2) is 48.6 Å². The number of hydrogen-bond donors (Lipinski definition) is 1. The first-order chi connectivity index (χ1) is 10.7. The molecule has 1 saturated heterocycles. The number of methoxy groups -OCH3 is 1. The van der Waals surface area contributed by atoms with Crippen molar-refractivity contribution in [1.82, 2.24) is 15.2 Å². The Labute approximate surface area is 133 Å². The predicted octanol–water partition coefficient (Wildman–Crippen LogP) is 2.25. The Balaban J connectivity index is 1.76. The zero-order valence-corrected chi connectivity index (χ0v) is 13.5. The summed E-state index contributed by atoms with van der Waals surface area (Å²) in [5, 5.41) is 6.03. The Kier molecular flexibility index (Phi) is 4.40. The zero-order valence-electron chi connectivity index (χ0n) is 12.7. The van der Waals surface area contributed by atoms with Gasteiger partial charge in [-0.15, -0.1) is 11.3 Å². The molecule has 0 spiro atoms. The van der Waals surface area contributed by atoms with E-state index in [1.54, 1.807) is 7.11 Å². The van der Waals surface area contributed by atoms with Gasteiger partial charge in [0.2, 0.25) is 0 Å². The molecular weight excluding hydrogens is 298 g/mol. The summed E-state index contributed by atoms with van der Waals surface area (Å²) in [7, 11) is 1.64. The molecule has 1 N–H and O–H groups in total. The smallest absolute Gasteiger partial charge is 0.273 e. The first-order valence-electron chi connectivity index (χ1n) is 7.30. The first-order valence-corrected chi connectivity index (χ1v) is 8.18. The SMILES string of the molecule is COc1ccc(-c2nc(C(=O)N3CCNC(C)C3)cs2)cc1. The summed E-state index contributed by atoms with van der Waals surface area (Å²) < 4.78 is 5.15. The Morgan fingerprint density at radius 3 is 2.86 bits per heavy atom. The Bertz CT molecular complexity index is 654. The highest BCUT2D eigenvalue weighted by Gasteiger charge is 2.23. The molecule has 2 heterocycles. The van der Waals surface area contributed by atoms with Crippen LogP contribution in [0, 0.1) is 0 Å². The molecule has 1 aromatic carbocycles. The van der Waals surface area contributed by atoms with Crippen LogP contribution in [0.5, 0.6) is 5.75 Å². The lowest BCUT2D eigenvalue weighted by Gasteiger charge is -2.31. The van der Waals surface area contributed by atoms with Gasteiger partial charge in [-0.05, 0) is 31.2 Å². The summed E-state index contributed by atoms with van der Waals surface area (Å²) in [6.45, 7) is 4.39. The fourth-order valence-electron chi connectivity index (χ4n) is 2.52. The fourth-order valence-corrected chi connectivity index (χ4v) is 3.32. The molecule has 5 nitrogen and oxygen atoms in total. The van der Waals surface area contributed by atoms with Crippen LogP contribution in [0.15, 0.2) is 29.6 Å². The number of piperazine rings is 1. The predicted molar refractivity (Wildman–Crippen MR) is 87.5 cm³/mol. The summed E-state index contributed by atoms with van der Waals surface area (Å²) in [6, 6.07) is 8.04. The van der Waals surface area contributed by atoms with Crippen LogP contribution in [0.1, 0.15) is 17.4 Å². The largest absolute Gasteiger partial charge is 0.497 e. The monoisotopic (exact) mass is 317 g/mol. The quantitative estimate of drug-likeness (QED) is 0.943. The molecule has 1 aliphatic rings. The summed E-state index contributed by atoms with van der Waals surface area (Å²) >= 11 is 1.49. The normalized spacial score (nSPS) is 18.3. The minimum absolute atomic E-state index is 0.0179. The van der Waals surface area contributed by atoms with Crippen molar-refractivity contribution in [2.75, 3.05) is 26.7 Å². The zero-order chi connectivity index (χ0) is 15.5. The van der Waals surface area contributed by atoms with Gasteiger partial charge in [0.25, 0.3) is 5.91 Å². The molecule has 1 fully saturated rings. The Hall–Kier alpha value is -1.92. The molecule has 3 rings (SSSR count). The minimum Gasteiger partial charge on any atom is -0.497 e. The average molecular weight is 317 g/mol. The third-order valence-electron chi connectivity index (χ3n) is 3.72. The highest BCUT2D eigenvalue weighted by molar-refractivity contribution is 7.13. The van der Waals surface area contributed by atoms with Gasteiger partial charge in [-0.3, -0.25) is 4.79 Å². The van der Waals surface area contributed by atoms with Crippen molar-refractivity contribution < 1.29 is 9.53 Å². The number of ether oxygens (including phenoxy) is 1. The van der Waals surface area contributed by atoms with Gasteiger partial charge in [-0.1, -0.05) is 0 Å². The number of aromatic nitrogens is 1. The number of benzene rings is 1. The van der Waals surface area contributed by atoms with E-state index in [1.165, 1.54) is 11.3 Å². The van der Waals surface area contributed by atoms with Crippen LogP contribution >= 0.6 is 11.3 Å². The molecule has 1 unspecified atom stereocenters. The second-order valence-electron chi connectivity index (χ2n) is 5.37. The third kappa shape index (κ3) is 3.13. The third-order valence-corrected chi connectivity index (χ3v) is 4.61. The van der Waals surface area contributed by atoms with Gasteiger partial charge in [0.05, 0.1) is 7.11 Å². The molecule has 0 saturated carbocycles. The van der Waals surface area contributed by atoms with Crippen molar-refractivity contribution in [3.8, 4) is 16.3 Å². The summed E-state index contributed by atoms with van der Waals surface area (Å²) in [5.74, 6) is 0.829. The number of hydrogen-bond acceptors (Lipinski definition) is 5. The van der Waals surface area contributed by atoms with E-state index in [2.05, 4.69) is 17.2 Å². The summed E-state index contributed by atoms with van der Waals surface area (Å²) in [4.78, 5) is 18.9. The molecular formula is C16H19N3O2S. The molecule has 22 heavy (non-hydrogen) atoms. The maximum Gasteiger partial charge on any atom is 0.273 e. The van der Waals surface area contributed by atoms with E-state index in [0.717, 1.165) is 36.0 Å². The number of carbonyl (C=O) groups is 1. The van der Waals surface area contributed by atoms with Crippen LogP contribution in [0.25, 0.3) is 10.6 Å². The van der Waals surface area contributed by atoms with Gasteiger partial charge >= 0.3 is 0 Å². The van der Waals surface area contributed by atoms with Crippen molar-refractivity contribution in [1.29, 1.82) is 0 Å². The van der Waals surface area contributed by atoms with Crippen LogP contribution in [-0.2, 0) is 0 Å². The number of rotatable bonds is 3. The van der Waals surface area contributed by atoms with Crippen LogP contribution in [0.2, 0.25) is 0 Å². The molecule has 116 valence electrons. The van der Waals surface area contributed by atoms with E-state index in [9.17, 15) is 4.79 Å². The average Bonchev–Trinajstić information content (AvgIpc) is 3.04. The van der Waals surface area contributed by atoms with Crippen LogP contribution in [0.3, 0.4) is 0 Å². The van der Waals surface area contributed by atoms with Gasteiger partial charge in [0, 0.05) is 36.6 Å². The van der Waals surface area contributed by atoms with E-state index in [-0.39, 0.29) is 5.91 Å². The maximum atomic E-state index is 12.5. The van der Waals surface area contributed by atoms with Crippen molar-refractivity contribution >= 4 is 17.2 Å². The van der Waals surface area contributed by atoms with Crippen molar-refractivity contribution in [3.63, 3.8) is 0 Å². The van der Waals surface area contributed by atoms with Crippen LogP contribution in [0.4, 0.5) is 0 Å². The molecule has 0 aliphatic carbocycles. The lowest BCUT2D eigenvalue weighted by Crippen LogP contribution is -2.51. The molecule has 1 aromatic heterocycles. The number of nitrogens with zero attached hydrogens (tertiary/aromatic N) is 2. The van der Waals surface area contributed by atoms with Crippen molar-refractivity contribution in [3.05, 3.63) is 35.3 Å². The molecule has 1 atom stereocenters. The van der Waals surface area contributed by atoms with Crippen molar-refractivity contribution in [2.45, 2.75) is 13.0 Å². The minimum atomic E-state index is 0.0179. The number of thiazole rings is 1. The molecule has 1 amide bonds. The second-order valence-corrected chi connectivity index (χ2v) is 6.23. The standard InChI is InChI=1S/C16H19N3O2S/c1-11-9-19(8-7-17-11)16(20)14-10-22-15(18-14)12-3-5-13(21-2)6-4-12/h3-6,10-11,17H,7-9H2,1-2H3. The van der Waals surface area contributed by atoms with Gasteiger partial charge in [0.15, 0.2) is 0 Å². The van der Waals surface area contributed by atoms with Crippen molar-refractivity contribution in [2.24, 2.45) is 0 Å². The fraction of sp³-hybridized carbons (Fsp3) is 0.375. The molecule has 0 bridgehead atoms. The number of carbonyl (C=O) groups excluding carboxylic acids is 1. The van der Waals surface area contributed by atoms with E-state index >= 15 is 0 Å². The van der Waals surface area contributed by atoms with Crippen LogP contribution < -0.4 is 10.1 Å².